The molecule has 0 fully saturated rings. The van der Waals surface area contributed by atoms with E-state index in [0.29, 0.717) is 16.9 Å². The van der Waals surface area contributed by atoms with Crippen LogP contribution >= 0.6 is 0 Å². The van der Waals surface area contributed by atoms with Crippen LogP contribution in [0, 0.1) is 22.6 Å². The summed E-state index contributed by atoms with van der Waals surface area (Å²) in [6, 6.07) is 8.16. The molecule has 0 aliphatic carbocycles. The third-order valence-corrected chi connectivity index (χ3v) is 4.34. The van der Waals surface area contributed by atoms with Crippen molar-refractivity contribution in [3.05, 3.63) is 65.0 Å². The topological polar surface area (TPSA) is 115 Å². The zero-order valence-electron chi connectivity index (χ0n) is 14.8. The lowest BCUT2D eigenvalue weighted by Crippen LogP contribution is -2.26. The van der Waals surface area contributed by atoms with E-state index in [2.05, 4.69) is 20.6 Å². The Bertz CT molecular complexity index is 1010. The fourth-order valence-corrected chi connectivity index (χ4v) is 2.61. The van der Waals surface area contributed by atoms with Gasteiger partial charge in [0.25, 0.3) is 0 Å². The minimum atomic E-state index is -0.731. The molecule has 1 aliphatic heterocycles. The van der Waals surface area contributed by atoms with Gasteiger partial charge < -0.3 is 10.6 Å². The molecule has 2 aromatic rings. The molecule has 0 saturated heterocycles. The van der Waals surface area contributed by atoms with Gasteiger partial charge in [0.05, 0.1) is 5.41 Å². The second kappa shape index (κ2) is 6.96. The first-order valence-electron chi connectivity index (χ1n) is 8.20. The molecule has 1 aliphatic rings. The first-order valence-corrected chi connectivity index (χ1v) is 8.20. The summed E-state index contributed by atoms with van der Waals surface area (Å²) in [5, 5.41) is 22.8. The molecule has 0 spiro atoms. The van der Waals surface area contributed by atoms with Gasteiger partial charge >= 0.3 is 0 Å². The van der Waals surface area contributed by atoms with Crippen LogP contribution in [0.1, 0.15) is 30.8 Å². The van der Waals surface area contributed by atoms with Gasteiger partial charge in [-0.1, -0.05) is 18.2 Å². The number of nitriles is 1. The summed E-state index contributed by atoms with van der Waals surface area (Å²) in [6.07, 6.45) is 2.78. The van der Waals surface area contributed by atoms with E-state index >= 15 is 0 Å². The van der Waals surface area contributed by atoms with Crippen LogP contribution in [0.25, 0.3) is 0 Å². The van der Waals surface area contributed by atoms with Crippen molar-refractivity contribution in [3.8, 4) is 6.07 Å². The Balaban J connectivity index is 1.77. The Labute approximate surface area is 155 Å². The molecule has 0 bridgehead atoms. The van der Waals surface area contributed by atoms with Crippen molar-refractivity contribution in [1.29, 1.82) is 10.7 Å². The van der Waals surface area contributed by atoms with Crippen molar-refractivity contribution in [3.63, 3.8) is 0 Å². The van der Waals surface area contributed by atoms with Gasteiger partial charge in [-0.2, -0.15) is 5.26 Å². The van der Waals surface area contributed by atoms with Crippen molar-refractivity contribution in [2.75, 3.05) is 5.32 Å². The van der Waals surface area contributed by atoms with Crippen LogP contribution in [-0.4, -0.2) is 21.6 Å². The minimum Gasteiger partial charge on any atom is -0.372 e. The molecule has 3 rings (SSSR count). The Morgan fingerprint density at radius 1 is 1.44 bits per heavy atom. The maximum Gasteiger partial charge on any atom is 0.235 e. The molecule has 0 atom stereocenters. The Morgan fingerprint density at radius 2 is 2.19 bits per heavy atom. The van der Waals surface area contributed by atoms with E-state index in [-0.39, 0.29) is 35.5 Å². The van der Waals surface area contributed by atoms with Crippen LogP contribution in [0.4, 0.5) is 10.2 Å². The molecule has 0 radical (unpaired) electrons. The summed E-state index contributed by atoms with van der Waals surface area (Å²) in [6.45, 7) is 3.64. The number of hydrogen-bond acceptors (Lipinski definition) is 6. The number of hydrogen-bond donors (Lipinski definition) is 3. The number of aromatic nitrogens is 2. The maximum atomic E-state index is 13.7. The van der Waals surface area contributed by atoms with E-state index in [1.165, 1.54) is 18.3 Å². The minimum absolute atomic E-state index is 0.0761. The summed E-state index contributed by atoms with van der Waals surface area (Å²) >= 11 is 0. The van der Waals surface area contributed by atoms with Gasteiger partial charge in [-0.05, 0) is 19.9 Å². The molecular formula is C19H17FN6O. The van der Waals surface area contributed by atoms with Crippen molar-refractivity contribution in [2.24, 2.45) is 0 Å². The standard InChI is InChI=1S/C19H17FN6O/c1-19(2)13-10-24-17(25-16(13)26-18(19)27)15(22)7-12(8-21)23-9-11-5-3-4-6-14(11)20/h3-7,10,22-23H,9H2,1-2H3,(H,24,25,26,27)/b12-7-,22-15?. The fourth-order valence-electron chi connectivity index (χ4n) is 2.61. The summed E-state index contributed by atoms with van der Waals surface area (Å²) in [5.41, 5.74) is 0.312. The predicted molar refractivity (Wildman–Crippen MR) is 97.5 cm³/mol. The summed E-state index contributed by atoms with van der Waals surface area (Å²) in [4.78, 5) is 20.3. The average Bonchev–Trinajstić information content (AvgIpc) is 2.88. The van der Waals surface area contributed by atoms with Crippen LogP contribution in [-0.2, 0) is 16.8 Å². The number of amides is 1. The fraction of sp³-hybridized carbons (Fsp3) is 0.211. The highest BCUT2D eigenvalue weighted by molar-refractivity contribution is 6.07. The number of fused-ring (bicyclic) bond motifs is 1. The lowest BCUT2D eigenvalue weighted by Gasteiger charge is -2.13. The molecular weight excluding hydrogens is 347 g/mol. The smallest absolute Gasteiger partial charge is 0.235 e. The Kier molecular flexibility index (Phi) is 4.69. The molecule has 1 amide bonds. The number of allylic oxidation sites excluding steroid dienone is 2. The van der Waals surface area contributed by atoms with E-state index < -0.39 is 5.41 Å². The maximum absolute atomic E-state index is 13.7. The molecule has 8 heteroatoms. The molecule has 0 unspecified atom stereocenters. The molecule has 136 valence electrons. The van der Waals surface area contributed by atoms with Gasteiger partial charge in [0.1, 0.15) is 29.1 Å². The second-order valence-corrected chi connectivity index (χ2v) is 6.56. The quantitative estimate of drug-likeness (QED) is 0.557. The van der Waals surface area contributed by atoms with Gasteiger partial charge in [0.2, 0.25) is 5.91 Å². The van der Waals surface area contributed by atoms with E-state index in [1.807, 2.05) is 6.07 Å². The Morgan fingerprint density at radius 3 is 2.89 bits per heavy atom. The van der Waals surface area contributed by atoms with Crippen molar-refractivity contribution in [1.82, 2.24) is 15.3 Å². The highest BCUT2D eigenvalue weighted by Crippen LogP contribution is 2.35. The number of nitrogens with zero attached hydrogens (tertiary/aromatic N) is 3. The molecule has 1 aromatic heterocycles. The van der Waals surface area contributed by atoms with Crippen LogP contribution in [0.5, 0.6) is 0 Å². The summed E-state index contributed by atoms with van der Waals surface area (Å²) in [7, 11) is 0. The number of carbonyl (C=O) groups is 1. The number of rotatable bonds is 5. The first-order chi connectivity index (χ1) is 12.8. The molecule has 3 N–H and O–H groups in total. The van der Waals surface area contributed by atoms with E-state index in [0.717, 1.165) is 0 Å². The SMILES string of the molecule is CC1(C)C(=O)Nc2nc(C(=N)/C=C(/C#N)NCc3ccccc3F)ncc21. The lowest BCUT2D eigenvalue weighted by atomic mass is 9.88. The van der Waals surface area contributed by atoms with Crippen LogP contribution in [0.3, 0.4) is 0 Å². The lowest BCUT2D eigenvalue weighted by molar-refractivity contribution is -0.119. The van der Waals surface area contributed by atoms with Gasteiger partial charge in [0, 0.05) is 29.9 Å². The van der Waals surface area contributed by atoms with E-state index in [9.17, 15) is 14.4 Å². The van der Waals surface area contributed by atoms with Crippen LogP contribution in [0.2, 0.25) is 0 Å². The largest absolute Gasteiger partial charge is 0.372 e. The normalized spacial score (nSPS) is 14.9. The van der Waals surface area contributed by atoms with Gasteiger partial charge in [0.15, 0.2) is 5.82 Å². The number of carbonyl (C=O) groups excluding carboxylic acids is 1. The predicted octanol–water partition coefficient (Wildman–Crippen LogP) is 2.41. The van der Waals surface area contributed by atoms with Gasteiger partial charge in [-0.3, -0.25) is 10.2 Å². The number of benzene rings is 1. The monoisotopic (exact) mass is 364 g/mol. The molecule has 2 heterocycles. The van der Waals surface area contributed by atoms with Gasteiger partial charge in [-0.25, -0.2) is 14.4 Å². The number of nitrogens with one attached hydrogen (secondary N) is 3. The van der Waals surface area contributed by atoms with Crippen LogP contribution in [0.15, 0.2) is 42.2 Å². The second-order valence-electron chi connectivity index (χ2n) is 6.56. The zero-order chi connectivity index (χ0) is 19.6. The van der Waals surface area contributed by atoms with Gasteiger partial charge in [-0.15, -0.1) is 0 Å². The summed E-state index contributed by atoms with van der Waals surface area (Å²) < 4.78 is 13.7. The average molecular weight is 364 g/mol. The third kappa shape index (κ3) is 3.53. The highest BCUT2D eigenvalue weighted by atomic mass is 19.1. The number of anilines is 1. The zero-order valence-corrected chi connectivity index (χ0v) is 14.8. The third-order valence-electron chi connectivity index (χ3n) is 4.34. The molecule has 27 heavy (non-hydrogen) atoms. The molecule has 7 nitrogen and oxygen atoms in total. The van der Waals surface area contributed by atoms with Crippen LogP contribution < -0.4 is 10.6 Å². The van der Waals surface area contributed by atoms with Crippen molar-refractivity contribution >= 4 is 17.4 Å². The molecule has 0 saturated carbocycles. The van der Waals surface area contributed by atoms with Crippen molar-refractivity contribution in [2.45, 2.75) is 25.8 Å². The van der Waals surface area contributed by atoms with E-state index in [4.69, 9.17) is 5.41 Å². The summed E-state index contributed by atoms with van der Waals surface area (Å²) in [5.74, 6) is -0.119. The van der Waals surface area contributed by atoms with E-state index in [1.54, 1.807) is 32.0 Å². The first kappa shape index (κ1) is 18.2. The Hall–Kier alpha value is -3.60. The highest BCUT2D eigenvalue weighted by Gasteiger charge is 2.39. The van der Waals surface area contributed by atoms with Crippen molar-refractivity contribution < 1.29 is 9.18 Å². The molecule has 1 aromatic carbocycles. The number of halogens is 1.